The molecule has 100 valence electrons. The van der Waals surface area contributed by atoms with Gasteiger partial charge in [0.1, 0.15) is 0 Å². The van der Waals surface area contributed by atoms with Crippen LogP contribution in [0.3, 0.4) is 0 Å². The third-order valence-electron chi connectivity index (χ3n) is 3.21. The molecule has 1 aliphatic heterocycles. The van der Waals surface area contributed by atoms with Crippen molar-refractivity contribution in [3.63, 3.8) is 0 Å². The average Bonchev–Trinajstić information content (AvgIpc) is 2.65. The van der Waals surface area contributed by atoms with Crippen LogP contribution in [0.25, 0.3) is 0 Å². The summed E-state index contributed by atoms with van der Waals surface area (Å²) in [4.78, 5) is 29.9. The van der Waals surface area contributed by atoms with E-state index >= 15 is 0 Å². The van der Waals surface area contributed by atoms with E-state index in [0.717, 1.165) is 11.4 Å². The zero-order chi connectivity index (χ0) is 14.3. The van der Waals surface area contributed by atoms with E-state index in [-0.39, 0.29) is 12.1 Å². The number of anilines is 1. The van der Waals surface area contributed by atoms with Crippen LogP contribution >= 0.6 is 11.6 Å². The number of nitrogens with zero attached hydrogens (tertiary/aromatic N) is 2. The highest BCUT2D eigenvalue weighted by atomic mass is 35.5. The maximum Gasteiger partial charge on any atom is 0.299 e. The van der Waals surface area contributed by atoms with Gasteiger partial charge in [-0.2, -0.15) is 0 Å². The summed E-state index contributed by atoms with van der Waals surface area (Å²) in [5.41, 5.74) is 2.44. The molecule has 0 fully saturated rings. The smallest absolute Gasteiger partial charge is 0.299 e. The summed E-state index contributed by atoms with van der Waals surface area (Å²) in [6, 6.07) is 10.6. The van der Waals surface area contributed by atoms with Gasteiger partial charge in [0.25, 0.3) is 11.7 Å². The summed E-state index contributed by atoms with van der Waals surface area (Å²) in [5, 5.41) is 0.306. The highest BCUT2D eigenvalue weighted by Crippen LogP contribution is 2.34. The van der Waals surface area contributed by atoms with Crippen molar-refractivity contribution in [2.45, 2.75) is 13.5 Å². The van der Waals surface area contributed by atoms with Gasteiger partial charge in [0, 0.05) is 5.69 Å². The first-order valence-electron chi connectivity index (χ1n) is 6.15. The van der Waals surface area contributed by atoms with Crippen molar-refractivity contribution >= 4 is 29.0 Å². The number of carbonyl (C=O) groups is 2. The van der Waals surface area contributed by atoms with Gasteiger partial charge in [-0.3, -0.25) is 19.5 Å². The van der Waals surface area contributed by atoms with Crippen molar-refractivity contribution in [3.05, 3.63) is 58.4 Å². The van der Waals surface area contributed by atoms with Gasteiger partial charge in [-0.15, -0.1) is 0 Å². The van der Waals surface area contributed by atoms with Gasteiger partial charge in [-0.05, 0) is 31.2 Å². The first-order valence-corrected chi connectivity index (χ1v) is 6.53. The van der Waals surface area contributed by atoms with Crippen molar-refractivity contribution in [2.24, 2.45) is 0 Å². The first-order chi connectivity index (χ1) is 9.58. The van der Waals surface area contributed by atoms with E-state index < -0.39 is 11.7 Å². The van der Waals surface area contributed by atoms with E-state index in [9.17, 15) is 9.59 Å². The molecular weight excluding hydrogens is 276 g/mol. The summed E-state index contributed by atoms with van der Waals surface area (Å²) < 4.78 is 0. The van der Waals surface area contributed by atoms with E-state index in [1.54, 1.807) is 18.2 Å². The molecule has 0 N–H and O–H groups in total. The molecule has 1 aromatic carbocycles. The van der Waals surface area contributed by atoms with Crippen LogP contribution in [0, 0.1) is 6.92 Å². The number of aromatic nitrogens is 1. The molecule has 0 spiro atoms. The Kier molecular flexibility index (Phi) is 3.03. The molecule has 2 heterocycles. The number of rotatable bonds is 2. The van der Waals surface area contributed by atoms with E-state index in [1.165, 1.54) is 4.90 Å². The van der Waals surface area contributed by atoms with Crippen molar-refractivity contribution in [2.75, 3.05) is 4.90 Å². The Bertz CT molecular complexity index is 728. The molecule has 5 heteroatoms. The number of benzene rings is 1. The third-order valence-corrected chi connectivity index (χ3v) is 3.53. The number of hydrogen-bond donors (Lipinski definition) is 0. The molecule has 0 saturated carbocycles. The van der Waals surface area contributed by atoms with Crippen LogP contribution < -0.4 is 4.90 Å². The average molecular weight is 287 g/mol. The number of halogens is 1. The van der Waals surface area contributed by atoms with Crippen molar-refractivity contribution < 1.29 is 9.59 Å². The fourth-order valence-electron chi connectivity index (χ4n) is 2.31. The lowest BCUT2D eigenvalue weighted by Crippen LogP contribution is -2.29. The molecule has 20 heavy (non-hydrogen) atoms. The molecule has 3 rings (SSSR count). The standard InChI is InChI=1S/C15H11ClN2O2/c1-9-4-2-5-10(17-9)8-18-12-7-3-6-11(16)13(12)14(19)15(18)20/h2-7H,8H2,1H3. The number of Topliss-reactive ketones (excluding diaryl/α,β-unsaturated/α-hetero) is 1. The number of amides is 1. The molecule has 1 aromatic heterocycles. The molecule has 0 bridgehead atoms. The molecular formula is C15H11ClN2O2. The molecule has 0 atom stereocenters. The highest BCUT2D eigenvalue weighted by Gasteiger charge is 2.37. The second-order valence-corrected chi connectivity index (χ2v) is 5.03. The Hall–Kier alpha value is -2.20. The van der Waals surface area contributed by atoms with Crippen LogP contribution in [0.5, 0.6) is 0 Å². The minimum absolute atomic E-state index is 0.263. The Morgan fingerprint density at radius 1 is 1.15 bits per heavy atom. The second kappa shape index (κ2) is 4.72. The Morgan fingerprint density at radius 2 is 1.90 bits per heavy atom. The van der Waals surface area contributed by atoms with E-state index in [2.05, 4.69) is 4.98 Å². The van der Waals surface area contributed by atoms with Gasteiger partial charge in [0.15, 0.2) is 0 Å². The van der Waals surface area contributed by atoms with Crippen LogP contribution in [-0.2, 0) is 11.3 Å². The molecule has 0 unspecified atom stereocenters. The molecule has 4 nitrogen and oxygen atoms in total. The molecule has 0 aliphatic carbocycles. The number of hydrogen-bond acceptors (Lipinski definition) is 3. The van der Waals surface area contributed by atoms with Gasteiger partial charge >= 0.3 is 0 Å². The minimum atomic E-state index is -0.559. The topological polar surface area (TPSA) is 50.3 Å². The number of carbonyl (C=O) groups excluding carboxylic acids is 2. The largest absolute Gasteiger partial charge is 0.299 e. The fraction of sp³-hybridized carbons (Fsp3) is 0.133. The zero-order valence-corrected chi connectivity index (χ0v) is 11.5. The SMILES string of the molecule is Cc1cccc(CN2C(=O)C(=O)c3c(Cl)cccc32)n1. The second-order valence-electron chi connectivity index (χ2n) is 4.62. The van der Waals surface area contributed by atoms with E-state index in [4.69, 9.17) is 11.6 Å². The zero-order valence-electron chi connectivity index (χ0n) is 10.8. The van der Waals surface area contributed by atoms with Crippen LogP contribution in [0.2, 0.25) is 5.02 Å². The Morgan fingerprint density at radius 3 is 2.65 bits per heavy atom. The number of pyridine rings is 1. The maximum atomic E-state index is 12.1. The monoisotopic (exact) mass is 286 g/mol. The normalized spacial score (nSPS) is 13.8. The van der Waals surface area contributed by atoms with Gasteiger partial charge in [0.05, 0.1) is 28.5 Å². The predicted octanol–water partition coefficient (Wildman–Crippen LogP) is 2.77. The Balaban J connectivity index is 2.02. The highest BCUT2D eigenvalue weighted by molar-refractivity contribution is 6.55. The summed E-state index contributed by atoms with van der Waals surface area (Å²) >= 11 is 6.01. The third kappa shape index (κ3) is 1.98. The lowest BCUT2D eigenvalue weighted by molar-refractivity contribution is -0.114. The van der Waals surface area contributed by atoms with Gasteiger partial charge in [-0.1, -0.05) is 23.7 Å². The summed E-state index contributed by atoms with van der Waals surface area (Å²) in [7, 11) is 0. The quantitative estimate of drug-likeness (QED) is 0.798. The molecule has 0 radical (unpaired) electrons. The first kappa shape index (κ1) is 12.8. The summed E-state index contributed by atoms with van der Waals surface area (Å²) in [5.74, 6) is -1.12. The molecule has 2 aromatic rings. The van der Waals surface area contributed by atoms with Gasteiger partial charge in [-0.25, -0.2) is 0 Å². The lowest BCUT2D eigenvalue weighted by atomic mass is 10.1. The van der Waals surface area contributed by atoms with E-state index in [0.29, 0.717) is 10.7 Å². The fourth-order valence-corrected chi connectivity index (χ4v) is 2.56. The van der Waals surface area contributed by atoms with Gasteiger partial charge < -0.3 is 0 Å². The Labute approximate surface area is 121 Å². The maximum absolute atomic E-state index is 12.1. The summed E-state index contributed by atoms with van der Waals surface area (Å²) in [6.07, 6.45) is 0. The molecule has 1 aliphatic rings. The van der Waals surface area contributed by atoms with E-state index in [1.807, 2.05) is 25.1 Å². The van der Waals surface area contributed by atoms with Crippen molar-refractivity contribution in [1.82, 2.24) is 4.98 Å². The molecule has 0 saturated heterocycles. The lowest BCUT2D eigenvalue weighted by Gasteiger charge is -2.16. The number of aryl methyl sites for hydroxylation is 1. The van der Waals surface area contributed by atoms with Crippen LogP contribution in [0.15, 0.2) is 36.4 Å². The number of ketones is 1. The predicted molar refractivity (Wildman–Crippen MR) is 75.9 cm³/mol. The van der Waals surface area contributed by atoms with Crippen LogP contribution in [-0.4, -0.2) is 16.7 Å². The van der Waals surface area contributed by atoms with Crippen LogP contribution in [0.1, 0.15) is 21.7 Å². The van der Waals surface area contributed by atoms with Crippen LogP contribution in [0.4, 0.5) is 5.69 Å². The van der Waals surface area contributed by atoms with Gasteiger partial charge in [0.2, 0.25) is 0 Å². The minimum Gasteiger partial charge on any atom is -0.299 e. The summed E-state index contributed by atoms with van der Waals surface area (Å²) in [6.45, 7) is 2.14. The van der Waals surface area contributed by atoms with Crippen molar-refractivity contribution in [3.8, 4) is 0 Å². The molecule has 1 amide bonds. The number of fused-ring (bicyclic) bond motifs is 1. The van der Waals surface area contributed by atoms with Crippen molar-refractivity contribution in [1.29, 1.82) is 0 Å².